The Morgan fingerprint density at radius 3 is 2.52 bits per heavy atom. The van der Waals surface area contributed by atoms with Gasteiger partial charge in [-0.15, -0.1) is 0 Å². The average molecular weight is 425 g/mol. The van der Waals surface area contributed by atoms with Crippen LogP contribution in [0.3, 0.4) is 0 Å². The van der Waals surface area contributed by atoms with Gasteiger partial charge in [0.05, 0.1) is 12.2 Å². The Kier molecular flexibility index (Phi) is 4.18. The van der Waals surface area contributed by atoms with E-state index in [1.807, 2.05) is 4.57 Å². The molecule has 2 aromatic carbocycles. The van der Waals surface area contributed by atoms with Crippen LogP contribution in [0.5, 0.6) is 0 Å². The Morgan fingerprint density at radius 2 is 1.81 bits per heavy atom. The summed E-state index contributed by atoms with van der Waals surface area (Å²) in [6.07, 6.45) is 1.22. The Labute approximate surface area is 176 Å². The van der Waals surface area contributed by atoms with Crippen molar-refractivity contribution < 1.29 is 18.0 Å². The molecule has 0 spiro atoms. The first-order chi connectivity index (χ1) is 14.7. The normalized spacial score (nSPS) is 19.1. The van der Waals surface area contributed by atoms with Crippen LogP contribution in [0, 0.1) is 17.5 Å². The minimum atomic E-state index is -0.986. The van der Waals surface area contributed by atoms with Gasteiger partial charge in [0.25, 0.3) is 5.91 Å². The first kappa shape index (κ1) is 19.3. The molecule has 0 radical (unpaired) electrons. The van der Waals surface area contributed by atoms with Gasteiger partial charge in [-0.25, -0.2) is 23.1 Å². The van der Waals surface area contributed by atoms with E-state index in [1.54, 1.807) is 32.2 Å². The largest absolute Gasteiger partial charge is 0.363 e. The highest BCUT2D eigenvalue weighted by Gasteiger charge is 2.48. The number of hydrogen-bond acceptors (Lipinski definition) is 4. The van der Waals surface area contributed by atoms with Crippen molar-refractivity contribution in [2.75, 3.05) is 5.32 Å². The number of carbonyl (C=O) groups is 1. The summed E-state index contributed by atoms with van der Waals surface area (Å²) in [5, 5.41) is 3.11. The molecule has 0 fully saturated rings. The van der Waals surface area contributed by atoms with Crippen molar-refractivity contribution in [3.8, 4) is 11.3 Å². The summed E-state index contributed by atoms with van der Waals surface area (Å²) in [6.45, 7) is 3.73. The number of anilines is 1. The number of nitrogens with one attached hydrogen (secondary N) is 1. The molecule has 1 aromatic heterocycles. The molecule has 1 N–H and O–H groups in total. The maximum absolute atomic E-state index is 13.7. The van der Waals surface area contributed by atoms with E-state index in [0.29, 0.717) is 29.6 Å². The fraction of sp³-hybridized carbons (Fsp3) is 0.227. The van der Waals surface area contributed by atoms with Crippen molar-refractivity contribution in [1.29, 1.82) is 0 Å². The Morgan fingerprint density at radius 1 is 1.06 bits per heavy atom. The van der Waals surface area contributed by atoms with Crippen LogP contribution in [0.4, 0.5) is 18.9 Å². The maximum Gasteiger partial charge on any atom is 0.257 e. The SMILES string of the molecule is CC1(C)N=C2c3nc(-c4ccc(F)cc4)cn3CC(Nc3ccc(F)c(F)c3)N2C1=O. The van der Waals surface area contributed by atoms with Crippen LogP contribution in [0.2, 0.25) is 0 Å². The lowest BCUT2D eigenvalue weighted by atomic mass is 10.1. The standard InChI is InChI=1S/C22H18F3N5O/c1-22(2)21(31)30-18(26-14-7-8-15(24)16(25)9-14)11-29-10-17(27-19(29)20(30)28-22)12-3-5-13(23)6-4-12/h3-10,18,26H,11H2,1-2H3. The molecular formula is C22H18F3N5O. The van der Waals surface area contributed by atoms with Crippen molar-refractivity contribution in [3.63, 3.8) is 0 Å². The lowest BCUT2D eigenvalue weighted by Crippen LogP contribution is -2.54. The van der Waals surface area contributed by atoms with E-state index in [9.17, 15) is 18.0 Å². The van der Waals surface area contributed by atoms with Gasteiger partial charge in [0.1, 0.15) is 17.5 Å². The molecule has 158 valence electrons. The molecule has 0 saturated heterocycles. The van der Waals surface area contributed by atoms with Gasteiger partial charge in [0.2, 0.25) is 0 Å². The van der Waals surface area contributed by atoms with E-state index in [4.69, 9.17) is 0 Å². The smallest absolute Gasteiger partial charge is 0.257 e. The summed E-state index contributed by atoms with van der Waals surface area (Å²) >= 11 is 0. The number of amides is 1. The van der Waals surface area contributed by atoms with Gasteiger partial charge in [-0.3, -0.25) is 9.69 Å². The highest BCUT2D eigenvalue weighted by molar-refractivity contribution is 6.14. The number of benzene rings is 2. The number of rotatable bonds is 3. The van der Waals surface area contributed by atoms with Crippen molar-refractivity contribution in [1.82, 2.24) is 14.5 Å². The summed E-state index contributed by atoms with van der Waals surface area (Å²) < 4.78 is 42.2. The van der Waals surface area contributed by atoms with Gasteiger partial charge >= 0.3 is 0 Å². The number of imidazole rings is 1. The number of carbonyl (C=O) groups excluding carboxylic acids is 1. The van der Waals surface area contributed by atoms with Gasteiger partial charge < -0.3 is 9.88 Å². The predicted molar refractivity (Wildman–Crippen MR) is 109 cm³/mol. The number of nitrogens with zero attached hydrogens (tertiary/aromatic N) is 4. The third-order valence-electron chi connectivity index (χ3n) is 5.41. The highest BCUT2D eigenvalue weighted by atomic mass is 19.2. The zero-order chi connectivity index (χ0) is 21.9. The summed E-state index contributed by atoms with van der Waals surface area (Å²) in [5.74, 6) is -1.58. The first-order valence-electron chi connectivity index (χ1n) is 9.71. The Bertz CT molecular complexity index is 1230. The number of aromatic nitrogens is 2. The van der Waals surface area contributed by atoms with Crippen molar-refractivity contribution in [3.05, 3.63) is 71.9 Å². The van der Waals surface area contributed by atoms with E-state index >= 15 is 0 Å². The molecule has 0 bridgehead atoms. The van der Waals surface area contributed by atoms with Gasteiger partial charge in [0.15, 0.2) is 23.3 Å². The second kappa shape index (κ2) is 6.69. The van der Waals surface area contributed by atoms with Crippen LogP contribution in [0.25, 0.3) is 11.3 Å². The maximum atomic E-state index is 13.7. The van der Waals surface area contributed by atoms with E-state index in [0.717, 1.165) is 17.7 Å². The lowest BCUT2D eigenvalue weighted by Gasteiger charge is -2.35. The van der Waals surface area contributed by atoms with Crippen molar-refractivity contribution >= 4 is 17.4 Å². The third-order valence-corrected chi connectivity index (χ3v) is 5.41. The summed E-state index contributed by atoms with van der Waals surface area (Å²) in [4.78, 5) is 23.8. The molecule has 3 aromatic rings. The van der Waals surface area contributed by atoms with Crippen LogP contribution in [0.1, 0.15) is 19.7 Å². The van der Waals surface area contributed by atoms with E-state index in [-0.39, 0.29) is 11.7 Å². The first-order valence-corrected chi connectivity index (χ1v) is 9.71. The van der Waals surface area contributed by atoms with Gasteiger partial charge in [-0.05, 0) is 50.2 Å². The zero-order valence-corrected chi connectivity index (χ0v) is 16.7. The summed E-state index contributed by atoms with van der Waals surface area (Å²) in [5.41, 5.74) is 0.691. The molecule has 9 heteroatoms. The number of halogens is 3. The minimum Gasteiger partial charge on any atom is -0.363 e. The fourth-order valence-electron chi connectivity index (χ4n) is 3.85. The molecule has 5 rings (SSSR count). The van der Waals surface area contributed by atoms with E-state index in [2.05, 4.69) is 15.3 Å². The van der Waals surface area contributed by atoms with Crippen LogP contribution in [-0.4, -0.2) is 37.9 Å². The van der Waals surface area contributed by atoms with Gasteiger partial charge in [-0.1, -0.05) is 0 Å². The number of amidine groups is 1. The third kappa shape index (κ3) is 3.17. The second-order valence-electron chi connectivity index (χ2n) is 8.07. The Balaban J connectivity index is 1.56. The molecule has 2 aliphatic rings. The fourth-order valence-corrected chi connectivity index (χ4v) is 3.85. The second-order valence-corrected chi connectivity index (χ2v) is 8.07. The van der Waals surface area contributed by atoms with Crippen LogP contribution < -0.4 is 5.32 Å². The molecule has 1 amide bonds. The predicted octanol–water partition coefficient (Wildman–Crippen LogP) is 3.79. The van der Waals surface area contributed by atoms with E-state index < -0.39 is 23.3 Å². The monoisotopic (exact) mass is 425 g/mol. The number of hydrogen-bond donors (Lipinski definition) is 1. The summed E-state index contributed by atoms with van der Waals surface area (Å²) in [7, 11) is 0. The van der Waals surface area contributed by atoms with Crippen LogP contribution >= 0.6 is 0 Å². The van der Waals surface area contributed by atoms with Gasteiger partial charge in [0, 0.05) is 23.5 Å². The highest BCUT2D eigenvalue weighted by Crippen LogP contribution is 2.33. The molecule has 1 atom stereocenters. The molecule has 1 unspecified atom stereocenters. The lowest BCUT2D eigenvalue weighted by molar-refractivity contribution is -0.131. The quantitative estimate of drug-likeness (QED) is 0.695. The molecule has 2 aliphatic heterocycles. The van der Waals surface area contributed by atoms with Crippen molar-refractivity contribution in [2.24, 2.45) is 4.99 Å². The van der Waals surface area contributed by atoms with E-state index in [1.165, 1.54) is 23.1 Å². The topological polar surface area (TPSA) is 62.5 Å². The molecule has 6 nitrogen and oxygen atoms in total. The Hall–Kier alpha value is -3.62. The summed E-state index contributed by atoms with van der Waals surface area (Å²) in [6, 6.07) is 9.45. The van der Waals surface area contributed by atoms with Gasteiger partial charge in [-0.2, -0.15) is 0 Å². The average Bonchev–Trinajstić information content (AvgIpc) is 3.24. The van der Waals surface area contributed by atoms with Crippen LogP contribution in [0.15, 0.2) is 53.7 Å². The molecule has 31 heavy (non-hydrogen) atoms. The van der Waals surface area contributed by atoms with Crippen LogP contribution in [-0.2, 0) is 11.3 Å². The molecule has 0 aliphatic carbocycles. The number of fused-ring (bicyclic) bond motifs is 3. The minimum absolute atomic E-state index is 0.222. The number of aliphatic imine (C=N–C) groups is 1. The van der Waals surface area contributed by atoms with Crippen molar-refractivity contribution in [2.45, 2.75) is 32.1 Å². The molecule has 3 heterocycles. The zero-order valence-electron chi connectivity index (χ0n) is 16.7. The molecular weight excluding hydrogens is 407 g/mol. The molecule has 0 saturated carbocycles.